The van der Waals surface area contributed by atoms with Gasteiger partial charge in [-0.1, -0.05) is 0 Å². The lowest BCUT2D eigenvalue weighted by Gasteiger charge is -2.39. The highest BCUT2D eigenvalue weighted by Crippen LogP contribution is 2.60. The van der Waals surface area contributed by atoms with Crippen LogP contribution in [-0.4, -0.2) is 82.0 Å². The first-order valence-corrected chi connectivity index (χ1v) is 9.60. The van der Waals surface area contributed by atoms with Gasteiger partial charge in [0.05, 0.1) is 5.75 Å². The number of hydrogen-bond acceptors (Lipinski definition) is 3. The van der Waals surface area contributed by atoms with Gasteiger partial charge in [-0.05, 0) is 27.1 Å². The van der Waals surface area contributed by atoms with Crippen LogP contribution < -0.4 is 4.72 Å². The van der Waals surface area contributed by atoms with Gasteiger partial charge in [0.15, 0.2) is 0 Å². The fourth-order valence-corrected chi connectivity index (χ4v) is 3.04. The van der Waals surface area contributed by atoms with Crippen molar-refractivity contribution in [1.29, 1.82) is 0 Å². The van der Waals surface area contributed by atoms with Gasteiger partial charge in [0.25, 0.3) is 0 Å². The lowest BCUT2D eigenvalue weighted by molar-refractivity contribution is -0.439. The lowest BCUT2D eigenvalue weighted by Crippen LogP contribution is -2.70. The van der Waals surface area contributed by atoms with E-state index < -0.39 is 64.5 Å². The third-order valence-electron chi connectivity index (χ3n) is 3.79. The highest BCUT2D eigenvalue weighted by Gasteiger charge is 2.90. The summed E-state index contributed by atoms with van der Waals surface area (Å²) in [6.45, 7) is -0.153. The zero-order chi connectivity index (χ0) is 25.3. The predicted molar refractivity (Wildman–Crippen MR) is 80.4 cm³/mol. The standard InChI is InChI=1S/C13H17F13N2O2S/c1-28(2)6-3-5-27-31(29,30)7-4-8(14,15)9(16,17)10(18,19)11(20,21)12(22,23)13(24,25)26/h27H,3-7H2,1-2H3. The third-order valence-corrected chi connectivity index (χ3v) is 5.17. The molecule has 0 amide bonds. The summed E-state index contributed by atoms with van der Waals surface area (Å²) in [5.41, 5.74) is 0. The zero-order valence-corrected chi connectivity index (χ0v) is 16.4. The van der Waals surface area contributed by atoms with Crippen LogP contribution in [0.15, 0.2) is 0 Å². The Hall–Kier alpha value is -1.04. The van der Waals surface area contributed by atoms with E-state index in [2.05, 4.69) is 0 Å². The van der Waals surface area contributed by atoms with Crippen molar-refractivity contribution >= 4 is 10.0 Å². The summed E-state index contributed by atoms with van der Waals surface area (Å²) in [4.78, 5) is 1.56. The molecule has 0 aliphatic rings. The Labute approximate surface area is 167 Å². The first kappa shape index (κ1) is 30.0. The van der Waals surface area contributed by atoms with Gasteiger partial charge in [0, 0.05) is 13.0 Å². The summed E-state index contributed by atoms with van der Waals surface area (Å²) in [6, 6.07) is 0. The fourth-order valence-electron chi connectivity index (χ4n) is 1.92. The number of halogens is 13. The monoisotopic (exact) mass is 512 g/mol. The van der Waals surface area contributed by atoms with E-state index >= 15 is 0 Å². The first-order valence-electron chi connectivity index (χ1n) is 7.95. The molecule has 188 valence electrons. The number of hydrogen-bond donors (Lipinski definition) is 1. The van der Waals surface area contributed by atoms with Crippen molar-refractivity contribution in [2.75, 3.05) is 32.9 Å². The minimum absolute atomic E-state index is 0.0790. The summed E-state index contributed by atoms with van der Waals surface area (Å²) >= 11 is 0. The van der Waals surface area contributed by atoms with Crippen LogP contribution in [0.5, 0.6) is 0 Å². The summed E-state index contributed by atoms with van der Waals surface area (Å²) in [5, 5.41) is 0. The molecule has 0 spiro atoms. The van der Waals surface area contributed by atoms with E-state index in [1.165, 1.54) is 0 Å². The van der Waals surface area contributed by atoms with Gasteiger partial charge in [-0.2, -0.15) is 57.1 Å². The Balaban J connectivity index is 5.63. The van der Waals surface area contributed by atoms with Gasteiger partial charge in [0.1, 0.15) is 0 Å². The Morgan fingerprint density at radius 2 is 1.13 bits per heavy atom. The minimum Gasteiger partial charge on any atom is -0.309 e. The molecule has 1 N–H and O–H groups in total. The van der Waals surface area contributed by atoms with E-state index in [0.717, 1.165) is 0 Å². The van der Waals surface area contributed by atoms with Crippen LogP contribution in [0.4, 0.5) is 57.1 Å². The summed E-state index contributed by atoms with van der Waals surface area (Å²) in [6.07, 6.45) is -10.2. The molecular weight excluding hydrogens is 495 g/mol. The molecule has 0 saturated carbocycles. The van der Waals surface area contributed by atoms with Crippen LogP contribution in [0.1, 0.15) is 12.8 Å². The van der Waals surface area contributed by atoms with Gasteiger partial charge in [-0.15, -0.1) is 0 Å². The lowest BCUT2D eigenvalue weighted by atomic mass is 9.93. The molecule has 0 saturated heterocycles. The molecule has 0 aromatic rings. The Bertz CT molecular complexity index is 705. The van der Waals surface area contributed by atoms with E-state index in [-0.39, 0.29) is 13.0 Å². The maximum Gasteiger partial charge on any atom is 0.460 e. The van der Waals surface area contributed by atoms with E-state index in [9.17, 15) is 65.5 Å². The molecule has 0 heterocycles. The van der Waals surface area contributed by atoms with Crippen LogP contribution in [0.3, 0.4) is 0 Å². The SMILES string of the molecule is CN(C)CCCNS(=O)(=O)CCC(F)(F)C(F)(F)C(F)(F)C(F)(F)C(F)(F)C(F)(F)F. The average molecular weight is 512 g/mol. The second kappa shape index (κ2) is 9.07. The summed E-state index contributed by atoms with van der Waals surface area (Å²) in [5.74, 6) is -39.7. The number of rotatable bonds is 12. The van der Waals surface area contributed by atoms with E-state index in [4.69, 9.17) is 0 Å². The van der Waals surface area contributed by atoms with Crippen molar-refractivity contribution in [2.24, 2.45) is 0 Å². The van der Waals surface area contributed by atoms with Crippen LogP contribution in [0.25, 0.3) is 0 Å². The number of nitrogens with zero attached hydrogens (tertiary/aromatic N) is 1. The Kier molecular flexibility index (Phi) is 8.77. The van der Waals surface area contributed by atoms with Gasteiger partial charge in [-0.25, -0.2) is 13.1 Å². The molecule has 0 bridgehead atoms. The molecule has 31 heavy (non-hydrogen) atoms. The van der Waals surface area contributed by atoms with Crippen molar-refractivity contribution in [2.45, 2.75) is 48.6 Å². The third kappa shape index (κ3) is 6.06. The van der Waals surface area contributed by atoms with E-state index in [1.54, 1.807) is 23.7 Å². The first-order chi connectivity index (χ1) is 13.4. The Morgan fingerprint density at radius 1 is 0.710 bits per heavy atom. The largest absolute Gasteiger partial charge is 0.460 e. The van der Waals surface area contributed by atoms with Crippen molar-refractivity contribution in [1.82, 2.24) is 9.62 Å². The zero-order valence-electron chi connectivity index (χ0n) is 15.6. The fraction of sp³-hybridized carbons (Fsp3) is 1.00. The van der Waals surface area contributed by atoms with Crippen molar-refractivity contribution in [3.8, 4) is 0 Å². The Morgan fingerprint density at radius 3 is 1.52 bits per heavy atom. The topological polar surface area (TPSA) is 49.4 Å². The van der Waals surface area contributed by atoms with Gasteiger partial charge < -0.3 is 4.90 Å². The van der Waals surface area contributed by atoms with E-state index in [0.29, 0.717) is 0 Å². The van der Waals surface area contributed by atoms with E-state index in [1.807, 2.05) is 0 Å². The van der Waals surface area contributed by atoms with Crippen LogP contribution in [0, 0.1) is 0 Å². The van der Waals surface area contributed by atoms with Gasteiger partial charge in [-0.3, -0.25) is 0 Å². The normalized spacial score (nSPS) is 15.6. The van der Waals surface area contributed by atoms with Gasteiger partial charge >= 0.3 is 35.8 Å². The van der Waals surface area contributed by atoms with Crippen molar-refractivity contribution in [3.05, 3.63) is 0 Å². The molecule has 0 aromatic carbocycles. The molecule has 18 heteroatoms. The molecule has 0 radical (unpaired) electrons. The quantitative estimate of drug-likeness (QED) is 0.318. The molecule has 4 nitrogen and oxygen atoms in total. The highest BCUT2D eigenvalue weighted by molar-refractivity contribution is 7.89. The maximum atomic E-state index is 13.5. The molecule has 0 unspecified atom stereocenters. The molecular formula is C13H17F13N2O2S. The second-order valence-corrected chi connectivity index (χ2v) is 8.55. The minimum atomic E-state index is -8.01. The molecule has 0 aliphatic carbocycles. The van der Waals surface area contributed by atoms with Crippen LogP contribution >= 0.6 is 0 Å². The van der Waals surface area contributed by atoms with Crippen molar-refractivity contribution in [3.63, 3.8) is 0 Å². The molecule has 0 fully saturated rings. The smallest absolute Gasteiger partial charge is 0.309 e. The van der Waals surface area contributed by atoms with Crippen LogP contribution in [-0.2, 0) is 10.0 Å². The molecule has 0 rings (SSSR count). The maximum absolute atomic E-state index is 13.5. The van der Waals surface area contributed by atoms with Crippen molar-refractivity contribution < 1.29 is 65.5 Å². The summed E-state index contributed by atoms with van der Waals surface area (Å²) in [7, 11) is -1.72. The second-order valence-electron chi connectivity index (χ2n) is 6.62. The summed E-state index contributed by atoms with van der Waals surface area (Å²) < 4.78 is 193. The molecule has 0 atom stereocenters. The van der Waals surface area contributed by atoms with Gasteiger partial charge in [0.2, 0.25) is 10.0 Å². The molecule has 0 aromatic heterocycles. The number of alkyl halides is 13. The highest BCUT2D eigenvalue weighted by atomic mass is 32.2. The average Bonchev–Trinajstić information content (AvgIpc) is 2.55. The number of nitrogens with one attached hydrogen (secondary N) is 1. The predicted octanol–water partition coefficient (Wildman–Crippen LogP) is 3.99. The molecule has 0 aliphatic heterocycles. The number of sulfonamides is 1. The van der Waals surface area contributed by atoms with Crippen LogP contribution in [0.2, 0.25) is 0 Å².